The summed E-state index contributed by atoms with van der Waals surface area (Å²) in [5.41, 5.74) is 11.5. The lowest BCUT2D eigenvalue weighted by Crippen LogP contribution is -2.56. The largest absolute Gasteiger partial charge is 0.480 e. The van der Waals surface area contributed by atoms with E-state index < -0.39 is 53.8 Å². The maximum Gasteiger partial charge on any atom is 0.326 e. The van der Waals surface area contributed by atoms with Crippen LogP contribution < -0.4 is 27.4 Å². The van der Waals surface area contributed by atoms with Crippen molar-refractivity contribution in [2.45, 2.75) is 70.6 Å². The minimum atomic E-state index is -1.26. The highest BCUT2D eigenvalue weighted by molar-refractivity contribution is 5.94. The van der Waals surface area contributed by atoms with E-state index in [2.05, 4.69) is 25.9 Å². The molecule has 1 aromatic rings. The van der Waals surface area contributed by atoms with Gasteiger partial charge in [0.15, 0.2) is 0 Å². The molecule has 0 spiro atoms. The van der Waals surface area contributed by atoms with Crippen molar-refractivity contribution in [3.8, 4) is 0 Å². The summed E-state index contributed by atoms with van der Waals surface area (Å²) in [4.78, 5) is 66.7. The van der Waals surface area contributed by atoms with E-state index in [0.29, 0.717) is 12.1 Å². The normalized spacial score (nSPS) is 14.6. The van der Waals surface area contributed by atoms with Crippen LogP contribution in [0.1, 0.15) is 45.7 Å². The van der Waals surface area contributed by atoms with Crippen LogP contribution in [0.4, 0.5) is 0 Å². The van der Waals surface area contributed by atoms with Crippen LogP contribution in [-0.4, -0.2) is 68.8 Å². The zero-order chi connectivity index (χ0) is 25.1. The molecule has 4 amide bonds. The van der Waals surface area contributed by atoms with Crippen molar-refractivity contribution in [3.05, 3.63) is 18.2 Å². The SMILES string of the molecule is CC(C)CC(N)C(=O)NC(CCC(N)=O)C(=O)NC(C)C(=O)NC(Cc1cnc[nH]1)C(=O)O. The molecule has 0 saturated heterocycles. The molecule has 13 nitrogen and oxygen atoms in total. The molecule has 1 rings (SSSR count). The predicted molar refractivity (Wildman–Crippen MR) is 117 cm³/mol. The molecule has 0 saturated carbocycles. The number of carboxylic acid groups (broad SMARTS) is 1. The number of H-pyrrole nitrogens is 1. The van der Waals surface area contributed by atoms with Crippen LogP contribution in [0.2, 0.25) is 0 Å². The number of hydrogen-bond donors (Lipinski definition) is 7. The van der Waals surface area contributed by atoms with Gasteiger partial charge in [0.05, 0.1) is 12.4 Å². The Kier molecular flexibility index (Phi) is 11.0. The highest BCUT2D eigenvalue weighted by Gasteiger charge is 2.29. The fourth-order valence-corrected chi connectivity index (χ4v) is 2.94. The van der Waals surface area contributed by atoms with Gasteiger partial charge in [-0.25, -0.2) is 9.78 Å². The van der Waals surface area contributed by atoms with Gasteiger partial charge in [0, 0.05) is 24.7 Å². The number of imidazole rings is 1. The van der Waals surface area contributed by atoms with Crippen molar-refractivity contribution in [1.29, 1.82) is 0 Å². The van der Waals surface area contributed by atoms with Gasteiger partial charge in [0.1, 0.15) is 18.1 Å². The van der Waals surface area contributed by atoms with E-state index in [1.165, 1.54) is 19.4 Å². The van der Waals surface area contributed by atoms with Crippen molar-refractivity contribution in [3.63, 3.8) is 0 Å². The van der Waals surface area contributed by atoms with E-state index in [4.69, 9.17) is 11.5 Å². The third kappa shape index (κ3) is 10.1. The van der Waals surface area contributed by atoms with Crippen LogP contribution in [-0.2, 0) is 30.4 Å². The van der Waals surface area contributed by atoms with E-state index in [9.17, 15) is 29.1 Å². The molecular weight excluding hydrogens is 434 g/mol. The van der Waals surface area contributed by atoms with E-state index in [0.717, 1.165) is 0 Å². The number of nitrogens with two attached hydrogens (primary N) is 2. The van der Waals surface area contributed by atoms with Crippen LogP contribution in [0.3, 0.4) is 0 Å². The molecule has 13 heteroatoms. The molecule has 0 aliphatic heterocycles. The van der Waals surface area contributed by atoms with E-state index in [-0.39, 0.29) is 25.2 Å². The monoisotopic (exact) mass is 467 g/mol. The van der Waals surface area contributed by atoms with Crippen LogP contribution in [0.15, 0.2) is 12.5 Å². The van der Waals surface area contributed by atoms with Crippen molar-refractivity contribution >= 4 is 29.6 Å². The average Bonchev–Trinajstić information content (AvgIpc) is 3.22. The summed E-state index contributed by atoms with van der Waals surface area (Å²) >= 11 is 0. The molecule has 0 radical (unpaired) electrons. The average molecular weight is 468 g/mol. The summed E-state index contributed by atoms with van der Waals surface area (Å²) in [5.74, 6) is -3.83. The Hall–Kier alpha value is -3.48. The van der Waals surface area contributed by atoms with E-state index >= 15 is 0 Å². The minimum absolute atomic E-state index is 0.0349. The first-order valence-corrected chi connectivity index (χ1v) is 10.6. The number of carbonyl (C=O) groups excluding carboxylic acids is 4. The Morgan fingerprint density at radius 1 is 1.03 bits per heavy atom. The third-order valence-corrected chi connectivity index (χ3v) is 4.72. The number of aromatic nitrogens is 2. The van der Waals surface area contributed by atoms with Gasteiger partial charge in [-0.15, -0.1) is 0 Å². The number of nitrogens with one attached hydrogen (secondary N) is 4. The van der Waals surface area contributed by atoms with Gasteiger partial charge in [-0.05, 0) is 25.7 Å². The predicted octanol–water partition coefficient (Wildman–Crippen LogP) is -1.85. The zero-order valence-electron chi connectivity index (χ0n) is 19.0. The van der Waals surface area contributed by atoms with Gasteiger partial charge in [0.2, 0.25) is 23.6 Å². The second-order valence-electron chi connectivity index (χ2n) is 8.21. The Labute approximate surface area is 191 Å². The number of aromatic amines is 1. The summed E-state index contributed by atoms with van der Waals surface area (Å²) in [6, 6.07) is -4.39. The van der Waals surface area contributed by atoms with Crippen LogP contribution >= 0.6 is 0 Å². The number of aliphatic carboxylic acids is 1. The molecule has 184 valence electrons. The summed E-state index contributed by atoms with van der Waals surface area (Å²) in [7, 11) is 0. The first-order valence-electron chi connectivity index (χ1n) is 10.6. The van der Waals surface area contributed by atoms with Gasteiger partial charge in [-0.1, -0.05) is 13.8 Å². The molecule has 1 heterocycles. The third-order valence-electron chi connectivity index (χ3n) is 4.72. The zero-order valence-corrected chi connectivity index (χ0v) is 19.0. The smallest absolute Gasteiger partial charge is 0.326 e. The Morgan fingerprint density at radius 3 is 2.18 bits per heavy atom. The first-order chi connectivity index (χ1) is 15.4. The number of amides is 4. The van der Waals surface area contributed by atoms with Crippen molar-refractivity contribution < 1.29 is 29.1 Å². The Balaban J connectivity index is 2.77. The topological polar surface area (TPSA) is 222 Å². The highest BCUT2D eigenvalue weighted by atomic mass is 16.4. The molecule has 0 bridgehead atoms. The summed E-state index contributed by atoms with van der Waals surface area (Å²) < 4.78 is 0. The maximum absolute atomic E-state index is 12.7. The Morgan fingerprint density at radius 2 is 1.67 bits per heavy atom. The minimum Gasteiger partial charge on any atom is -0.480 e. The maximum atomic E-state index is 12.7. The molecular formula is C20H33N7O6. The molecule has 33 heavy (non-hydrogen) atoms. The molecule has 9 N–H and O–H groups in total. The number of hydrogen-bond acceptors (Lipinski definition) is 7. The van der Waals surface area contributed by atoms with E-state index in [1.54, 1.807) is 0 Å². The van der Waals surface area contributed by atoms with Crippen LogP contribution in [0, 0.1) is 5.92 Å². The number of carboxylic acids is 1. The summed E-state index contributed by atoms with van der Waals surface area (Å²) in [5, 5.41) is 16.6. The Bertz CT molecular complexity index is 827. The van der Waals surface area contributed by atoms with Gasteiger partial charge < -0.3 is 37.5 Å². The molecule has 4 atom stereocenters. The highest BCUT2D eigenvalue weighted by Crippen LogP contribution is 2.05. The summed E-state index contributed by atoms with van der Waals surface area (Å²) in [6.45, 7) is 5.14. The van der Waals surface area contributed by atoms with Crippen molar-refractivity contribution in [2.24, 2.45) is 17.4 Å². The molecule has 4 unspecified atom stereocenters. The summed E-state index contributed by atoms with van der Waals surface area (Å²) in [6.07, 6.45) is 2.90. The van der Waals surface area contributed by atoms with Gasteiger partial charge in [0.25, 0.3) is 0 Å². The van der Waals surface area contributed by atoms with Crippen molar-refractivity contribution in [2.75, 3.05) is 0 Å². The fraction of sp³-hybridized carbons (Fsp3) is 0.600. The van der Waals surface area contributed by atoms with Gasteiger partial charge in [-0.3, -0.25) is 19.2 Å². The van der Waals surface area contributed by atoms with E-state index in [1.807, 2.05) is 13.8 Å². The second-order valence-corrected chi connectivity index (χ2v) is 8.21. The molecule has 0 aliphatic rings. The number of carbonyl (C=O) groups is 5. The lowest BCUT2D eigenvalue weighted by molar-refractivity contribution is -0.142. The number of rotatable bonds is 14. The first kappa shape index (κ1) is 27.6. The van der Waals surface area contributed by atoms with Crippen LogP contribution in [0.25, 0.3) is 0 Å². The molecule has 1 aromatic heterocycles. The quantitative estimate of drug-likeness (QED) is 0.164. The second kappa shape index (κ2) is 13.2. The van der Waals surface area contributed by atoms with Crippen molar-refractivity contribution in [1.82, 2.24) is 25.9 Å². The van der Waals surface area contributed by atoms with Crippen LogP contribution in [0.5, 0.6) is 0 Å². The lowest BCUT2D eigenvalue weighted by Gasteiger charge is -2.23. The standard InChI is InChI=1S/C20H33N7O6/c1-10(2)6-13(21)18(30)26-14(4-5-16(22)28)19(31)25-11(3)17(29)27-15(20(32)33)7-12-8-23-9-24-12/h8-11,13-15H,4-7,21H2,1-3H3,(H2,22,28)(H,23,24)(H,25,31)(H,26,30)(H,27,29)(H,32,33). The molecule has 0 aromatic carbocycles. The molecule has 0 aliphatic carbocycles. The lowest BCUT2D eigenvalue weighted by atomic mass is 10.0. The number of nitrogens with zero attached hydrogens (tertiary/aromatic N) is 1. The molecule has 0 fully saturated rings. The van der Waals surface area contributed by atoms with Gasteiger partial charge in [-0.2, -0.15) is 0 Å². The fourth-order valence-electron chi connectivity index (χ4n) is 2.94. The van der Waals surface area contributed by atoms with Gasteiger partial charge >= 0.3 is 5.97 Å². The number of primary amides is 1.